The Labute approximate surface area is 368 Å². The minimum Gasteiger partial charge on any atom is -0.493 e. The Morgan fingerprint density at radius 1 is 0.629 bits per heavy atom. The molecule has 4 fully saturated rings. The number of aromatic nitrogens is 4. The number of likely N-dealkylation sites (tertiary alicyclic amines) is 1. The van der Waals surface area contributed by atoms with Crippen LogP contribution in [0.5, 0.6) is 23.0 Å². The lowest BCUT2D eigenvalue weighted by Gasteiger charge is -2.32. The quantitative estimate of drug-likeness (QED) is 0.0543. The van der Waals surface area contributed by atoms with Gasteiger partial charge >= 0.3 is 0 Å². The molecule has 0 spiro atoms. The summed E-state index contributed by atoms with van der Waals surface area (Å²) in [6.07, 6.45) is 16.7. The van der Waals surface area contributed by atoms with E-state index in [2.05, 4.69) is 48.5 Å². The lowest BCUT2D eigenvalue weighted by molar-refractivity contribution is 0.164. The van der Waals surface area contributed by atoms with E-state index in [0.29, 0.717) is 36.1 Å². The van der Waals surface area contributed by atoms with Crippen LogP contribution >= 0.6 is 0 Å². The molecule has 0 unspecified atom stereocenters. The van der Waals surface area contributed by atoms with E-state index in [1.807, 2.05) is 12.1 Å². The Morgan fingerprint density at radius 2 is 1.24 bits per heavy atom. The van der Waals surface area contributed by atoms with Gasteiger partial charge in [-0.15, -0.1) is 0 Å². The van der Waals surface area contributed by atoms with Crippen LogP contribution in [0, 0.1) is 5.92 Å². The summed E-state index contributed by atoms with van der Waals surface area (Å²) in [6.45, 7) is 10.9. The number of hydrogen-bond donors (Lipinski definition) is 5. The van der Waals surface area contributed by atoms with Gasteiger partial charge in [0.1, 0.15) is 11.6 Å². The first-order chi connectivity index (χ1) is 30.6. The van der Waals surface area contributed by atoms with Gasteiger partial charge in [0, 0.05) is 74.3 Å². The Kier molecular flexibility index (Phi) is 15.7. The van der Waals surface area contributed by atoms with Crippen LogP contribution in [0.3, 0.4) is 0 Å². The predicted octanol–water partition coefficient (Wildman–Crippen LogP) is 7.07. The number of benzene rings is 2. The minimum atomic E-state index is 0.327. The van der Waals surface area contributed by atoms with Gasteiger partial charge in [-0.25, -0.2) is 9.97 Å². The van der Waals surface area contributed by atoms with E-state index in [1.165, 1.54) is 64.5 Å². The van der Waals surface area contributed by atoms with Gasteiger partial charge in [0.25, 0.3) is 0 Å². The van der Waals surface area contributed by atoms with E-state index in [4.69, 9.17) is 38.9 Å². The molecule has 62 heavy (non-hydrogen) atoms. The zero-order valence-electron chi connectivity index (χ0n) is 37.5. The topological polar surface area (TPSA) is 155 Å². The normalized spacial score (nSPS) is 20.1. The number of fused-ring (bicyclic) bond motifs is 2. The molecule has 4 aromatic rings. The number of methoxy groups -OCH3 is 3. The van der Waals surface area contributed by atoms with Gasteiger partial charge in [-0.1, -0.05) is 25.7 Å². The largest absolute Gasteiger partial charge is 0.493 e. The number of nitrogens with zero attached hydrogens (tertiary/aromatic N) is 6. The van der Waals surface area contributed by atoms with Gasteiger partial charge in [0.2, 0.25) is 11.9 Å². The molecule has 5 N–H and O–H groups in total. The molecule has 2 aromatic heterocycles. The van der Waals surface area contributed by atoms with Gasteiger partial charge in [0.15, 0.2) is 23.0 Å². The maximum absolute atomic E-state index is 6.41. The van der Waals surface area contributed by atoms with E-state index in [-0.39, 0.29) is 0 Å². The number of anilines is 4. The van der Waals surface area contributed by atoms with Crippen molar-refractivity contribution in [2.24, 2.45) is 5.92 Å². The molecule has 4 aliphatic heterocycles. The molecular weight excluding hydrogens is 783 g/mol. The molecule has 0 bridgehead atoms. The monoisotopic (exact) mass is 854 g/mol. The van der Waals surface area contributed by atoms with E-state index in [0.717, 1.165) is 148 Å². The average Bonchev–Trinajstić information content (AvgIpc) is 3.86. The van der Waals surface area contributed by atoms with Crippen LogP contribution in [0.4, 0.5) is 23.5 Å². The van der Waals surface area contributed by atoms with E-state index in [9.17, 15) is 0 Å². The van der Waals surface area contributed by atoms with E-state index < -0.39 is 0 Å². The second-order valence-electron chi connectivity index (χ2n) is 17.7. The first-order valence-corrected chi connectivity index (χ1v) is 23.7. The first kappa shape index (κ1) is 44.0. The third-order valence-corrected chi connectivity index (χ3v) is 13.2. The summed E-state index contributed by atoms with van der Waals surface area (Å²) in [5, 5.41) is 19.9. The molecule has 8 rings (SSSR count). The summed E-state index contributed by atoms with van der Waals surface area (Å²) in [4.78, 5) is 24.8. The van der Waals surface area contributed by atoms with Gasteiger partial charge in [-0.05, 0) is 108 Å². The van der Waals surface area contributed by atoms with Gasteiger partial charge in [-0.2, -0.15) is 9.97 Å². The molecule has 2 atom stereocenters. The van der Waals surface area contributed by atoms with Crippen molar-refractivity contribution in [1.82, 2.24) is 35.5 Å². The first-order valence-electron chi connectivity index (χ1n) is 23.7. The van der Waals surface area contributed by atoms with Crippen LogP contribution in [0.25, 0.3) is 21.8 Å². The molecule has 15 nitrogen and oxygen atoms in total. The van der Waals surface area contributed by atoms with Crippen molar-refractivity contribution < 1.29 is 18.9 Å². The van der Waals surface area contributed by atoms with Crippen LogP contribution < -0.4 is 50.4 Å². The zero-order chi connectivity index (χ0) is 42.5. The highest BCUT2D eigenvalue weighted by molar-refractivity contribution is 5.94. The molecular formula is C47H71N11O4. The summed E-state index contributed by atoms with van der Waals surface area (Å²) in [6, 6.07) is 8.70. The Hall–Kier alpha value is -4.60. The molecule has 338 valence electrons. The lowest BCUT2D eigenvalue weighted by atomic mass is 9.91. The molecule has 4 aliphatic rings. The van der Waals surface area contributed by atoms with Crippen LogP contribution in [0.2, 0.25) is 0 Å². The fourth-order valence-corrected chi connectivity index (χ4v) is 9.63. The number of hydrogen-bond acceptors (Lipinski definition) is 15. The van der Waals surface area contributed by atoms with Crippen molar-refractivity contribution in [3.8, 4) is 23.0 Å². The van der Waals surface area contributed by atoms with Crippen LogP contribution in [-0.2, 0) is 0 Å². The summed E-state index contributed by atoms with van der Waals surface area (Å²) >= 11 is 0. The summed E-state index contributed by atoms with van der Waals surface area (Å²) < 4.78 is 23.4. The molecule has 0 radical (unpaired) electrons. The van der Waals surface area contributed by atoms with Crippen molar-refractivity contribution in [3.63, 3.8) is 0 Å². The third-order valence-electron chi connectivity index (χ3n) is 13.2. The van der Waals surface area contributed by atoms with Crippen molar-refractivity contribution in [3.05, 3.63) is 24.3 Å². The van der Waals surface area contributed by atoms with Crippen LogP contribution in [0.15, 0.2) is 24.3 Å². The number of ether oxygens (including phenoxy) is 4. The van der Waals surface area contributed by atoms with Gasteiger partial charge in [0.05, 0.1) is 39.0 Å². The number of nitrogens with one attached hydrogen (secondary N) is 5. The number of piperidine rings is 3. The summed E-state index contributed by atoms with van der Waals surface area (Å²) in [5.41, 5.74) is 1.74. The van der Waals surface area contributed by atoms with Crippen molar-refractivity contribution in [2.45, 2.75) is 102 Å². The third kappa shape index (κ3) is 11.5. The summed E-state index contributed by atoms with van der Waals surface area (Å²) in [5.74, 6) is 6.84. The maximum atomic E-state index is 6.41. The van der Waals surface area contributed by atoms with Crippen molar-refractivity contribution in [2.75, 3.05) is 114 Å². The standard InChI is InChI=1S/C47H71N11O4/c1-59-40-27-36-38(29-42(40)61-3)53-46(55-44(36)51-34-14-10-18-48-31-34)50-20-7-5-4-6-13-33-16-24-57(25-17-33)21-12-26-62-43-30-39-37(28-41(43)60-2)45(52-35-15-11-19-49-32-35)56-47(54-39)58-22-8-9-23-58/h27-30,33-35,48-49H,4-26,31-32H2,1-3H3,(H,52,54,56)(H2,50,51,53,55)/t34-,35-/m0/s1. The van der Waals surface area contributed by atoms with E-state index >= 15 is 0 Å². The van der Waals surface area contributed by atoms with Crippen molar-refractivity contribution >= 4 is 45.3 Å². The van der Waals surface area contributed by atoms with Gasteiger partial charge < -0.3 is 55.3 Å². The Morgan fingerprint density at radius 3 is 1.90 bits per heavy atom. The number of unbranched alkanes of at least 4 members (excludes halogenated alkanes) is 3. The molecule has 0 saturated carbocycles. The molecule has 0 aliphatic carbocycles. The Bertz CT molecular complexity index is 2030. The van der Waals surface area contributed by atoms with Crippen LogP contribution in [0.1, 0.15) is 89.9 Å². The number of rotatable bonds is 21. The Balaban J connectivity index is 0.746. The second-order valence-corrected chi connectivity index (χ2v) is 17.7. The molecule has 0 amide bonds. The van der Waals surface area contributed by atoms with Gasteiger partial charge in [-0.3, -0.25) is 0 Å². The lowest BCUT2D eigenvalue weighted by Crippen LogP contribution is -2.38. The predicted molar refractivity (Wildman–Crippen MR) is 250 cm³/mol. The molecule has 6 heterocycles. The maximum Gasteiger partial charge on any atom is 0.227 e. The fourth-order valence-electron chi connectivity index (χ4n) is 9.63. The second kappa shape index (κ2) is 22.2. The highest BCUT2D eigenvalue weighted by atomic mass is 16.5. The highest BCUT2D eigenvalue weighted by Crippen LogP contribution is 2.37. The average molecular weight is 854 g/mol. The molecule has 2 aromatic carbocycles. The molecule has 15 heteroatoms. The van der Waals surface area contributed by atoms with Crippen molar-refractivity contribution in [1.29, 1.82) is 0 Å². The van der Waals surface area contributed by atoms with E-state index in [1.54, 1.807) is 21.3 Å². The molecule has 4 saturated heterocycles. The summed E-state index contributed by atoms with van der Waals surface area (Å²) in [7, 11) is 5.04. The minimum absolute atomic E-state index is 0.327. The SMILES string of the molecule is COc1cc2nc(NCCCCCCC3CCN(CCCOc4cc5nc(N6CCCC6)nc(N[C@H]6CCCNC6)c5cc4OC)CC3)nc(N[C@H]3CCCNC3)c2cc1OC. The zero-order valence-corrected chi connectivity index (χ0v) is 37.5. The fraction of sp³-hybridized carbons (Fsp3) is 0.660. The highest BCUT2D eigenvalue weighted by Gasteiger charge is 2.23. The van der Waals surface area contributed by atoms with Crippen LogP contribution in [-0.4, -0.2) is 130 Å². The smallest absolute Gasteiger partial charge is 0.227 e.